The van der Waals surface area contributed by atoms with Crippen LogP contribution in [0.1, 0.15) is 30.9 Å². The van der Waals surface area contributed by atoms with E-state index in [2.05, 4.69) is 36.5 Å². The fraction of sp³-hybridized carbons (Fsp3) is 0.533. The van der Waals surface area contributed by atoms with E-state index in [9.17, 15) is 0 Å². The summed E-state index contributed by atoms with van der Waals surface area (Å²) in [5, 5.41) is 12.3. The molecule has 0 amide bonds. The molecule has 0 fully saturated rings. The molecule has 1 atom stereocenters. The third-order valence-corrected chi connectivity index (χ3v) is 4.57. The Morgan fingerprint density at radius 2 is 2.39 bits per heavy atom. The molecule has 0 bridgehead atoms. The third kappa shape index (κ3) is 3.51. The Morgan fingerprint density at radius 1 is 1.50 bits per heavy atom. The van der Waals surface area contributed by atoms with Crippen LogP contribution in [0.4, 0.5) is 0 Å². The van der Waals surface area contributed by atoms with Gasteiger partial charge in [0, 0.05) is 18.0 Å². The number of nitrogens with one attached hydrogen (secondary N) is 1. The molecule has 1 N–H and O–H groups in total. The van der Waals surface area contributed by atoms with Crippen LogP contribution in [0.25, 0.3) is 0 Å². The van der Waals surface area contributed by atoms with Crippen molar-refractivity contribution in [3.8, 4) is 6.07 Å². The maximum Gasteiger partial charge on any atom is 0.0669 e. The molecule has 1 aliphatic heterocycles. The standard InChI is InChI=1S/C15H20N2S/c1-2-12(9-16)10-17-11-13-5-6-15-14(8-13)4-3-7-18-15/h5-6,8,12,17H,2-4,7,10-11H2,1H3. The van der Waals surface area contributed by atoms with Gasteiger partial charge in [0.2, 0.25) is 0 Å². The van der Waals surface area contributed by atoms with E-state index < -0.39 is 0 Å². The molecule has 3 heteroatoms. The second-order valence-corrected chi connectivity index (χ2v) is 5.90. The normalized spacial score (nSPS) is 15.8. The molecule has 1 aromatic carbocycles. The van der Waals surface area contributed by atoms with Crippen molar-refractivity contribution >= 4 is 11.8 Å². The zero-order chi connectivity index (χ0) is 12.8. The van der Waals surface area contributed by atoms with Gasteiger partial charge in [0.05, 0.1) is 12.0 Å². The Morgan fingerprint density at radius 3 is 3.17 bits per heavy atom. The van der Waals surface area contributed by atoms with Gasteiger partial charge in [-0.15, -0.1) is 11.8 Å². The summed E-state index contributed by atoms with van der Waals surface area (Å²) in [7, 11) is 0. The molecule has 0 saturated heterocycles. The minimum atomic E-state index is 0.137. The fourth-order valence-corrected chi connectivity index (χ4v) is 3.21. The van der Waals surface area contributed by atoms with Gasteiger partial charge in [-0.1, -0.05) is 19.1 Å². The Hall–Kier alpha value is -0.980. The molecule has 96 valence electrons. The fourth-order valence-electron chi connectivity index (χ4n) is 2.20. The highest BCUT2D eigenvalue weighted by atomic mass is 32.2. The van der Waals surface area contributed by atoms with Crippen molar-refractivity contribution in [3.63, 3.8) is 0 Å². The summed E-state index contributed by atoms with van der Waals surface area (Å²) in [6.45, 7) is 3.72. The second-order valence-electron chi connectivity index (χ2n) is 4.76. The molecule has 1 unspecified atom stereocenters. The van der Waals surface area contributed by atoms with Gasteiger partial charge in [0.15, 0.2) is 0 Å². The summed E-state index contributed by atoms with van der Waals surface area (Å²) in [4.78, 5) is 1.45. The number of nitriles is 1. The zero-order valence-corrected chi connectivity index (χ0v) is 11.7. The van der Waals surface area contributed by atoms with Crippen molar-refractivity contribution in [2.45, 2.75) is 37.6 Å². The maximum atomic E-state index is 8.89. The highest BCUT2D eigenvalue weighted by Gasteiger charge is 2.10. The van der Waals surface area contributed by atoms with Crippen LogP contribution in [0.3, 0.4) is 0 Å². The monoisotopic (exact) mass is 260 g/mol. The van der Waals surface area contributed by atoms with E-state index in [1.807, 2.05) is 11.8 Å². The van der Waals surface area contributed by atoms with Crippen LogP contribution >= 0.6 is 11.8 Å². The molecule has 18 heavy (non-hydrogen) atoms. The van der Waals surface area contributed by atoms with E-state index >= 15 is 0 Å². The predicted octanol–water partition coefficient (Wildman–Crippen LogP) is 3.36. The van der Waals surface area contributed by atoms with Crippen LogP contribution in [-0.2, 0) is 13.0 Å². The SMILES string of the molecule is CCC(C#N)CNCc1ccc2c(c1)CCCS2. The first kappa shape index (κ1) is 13.5. The van der Waals surface area contributed by atoms with Gasteiger partial charge in [0.1, 0.15) is 0 Å². The first-order valence-corrected chi connectivity index (χ1v) is 7.67. The maximum absolute atomic E-state index is 8.89. The molecule has 1 heterocycles. The van der Waals surface area contributed by atoms with E-state index in [0.717, 1.165) is 19.5 Å². The summed E-state index contributed by atoms with van der Waals surface area (Å²) in [6, 6.07) is 9.10. The molecular formula is C15H20N2S. The molecule has 0 aromatic heterocycles. The smallest absolute Gasteiger partial charge is 0.0669 e. The number of hydrogen-bond acceptors (Lipinski definition) is 3. The van der Waals surface area contributed by atoms with Crippen molar-refractivity contribution in [1.82, 2.24) is 5.32 Å². The van der Waals surface area contributed by atoms with Gasteiger partial charge < -0.3 is 5.32 Å². The molecule has 1 aliphatic rings. The second kappa shape index (κ2) is 6.82. The van der Waals surface area contributed by atoms with Crippen molar-refractivity contribution in [2.24, 2.45) is 5.92 Å². The largest absolute Gasteiger partial charge is 0.311 e. The number of aryl methyl sites for hydroxylation is 1. The molecule has 1 aromatic rings. The summed E-state index contributed by atoms with van der Waals surface area (Å²) in [5.74, 6) is 1.39. The quantitative estimate of drug-likeness (QED) is 0.881. The number of rotatable bonds is 5. The minimum absolute atomic E-state index is 0.137. The molecule has 0 radical (unpaired) electrons. The van der Waals surface area contributed by atoms with E-state index in [-0.39, 0.29) is 5.92 Å². The Balaban J connectivity index is 1.88. The van der Waals surface area contributed by atoms with Crippen LogP contribution in [0.5, 0.6) is 0 Å². The van der Waals surface area contributed by atoms with E-state index in [1.54, 1.807) is 0 Å². The molecule has 0 saturated carbocycles. The van der Waals surface area contributed by atoms with E-state index in [0.29, 0.717) is 0 Å². The van der Waals surface area contributed by atoms with Gasteiger partial charge >= 0.3 is 0 Å². The van der Waals surface area contributed by atoms with Crippen LogP contribution in [-0.4, -0.2) is 12.3 Å². The lowest BCUT2D eigenvalue weighted by Crippen LogP contribution is -2.21. The number of thioether (sulfide) groups is 1. The Bertz CT molecular complexity index is 437. The van der Waals surface area contributed by atoms with Crippen molar-refractivity contribution < 1.29 is 0 Å². The zero-order valence-electron chi connectivity index (χ0n) is 10.9. The Labute approximate surface area is 114 Å². The highest BCUT2D eigenvalue weighted by molar-refractivity contribution is 7.99. The number of hydrogen-bond donors (Lipinski definition) is 1. The van der Waals surface area contributed by atoms with Gasteiger partial charge in [-0.2, -0.15) is 5.26 Å². The van der Waals surface area contributed by atoms with Crippen LogP contribution in [0.15, 0.2) is 23.1 Å². The highest BCUT2D eigenvalue weighted by Crippen LogP contribution is 2.30. The van der Waals surface area contributed by atoms with Crippen molar-refractivity contribution in [1.29, 1.82) is 5.26 Å². The van der Waals surface area contributed by atoms with Gasteiger partial charge in [-0.3, -0.25) is 0 Å². The average Bonchev–Trinajstić information content (AvgIpc) is 2.43. The lowest BCUT2D eigenvalue weighted by atomic mass is 10.1. The van der Waals surface area contributed by atoms with Crippen LogP contribution in [0.2, 0.25) is 0 Å². The average molecular weight is 260 g/mol. The lowest BCUT2D eigenvalue weighted by Gasteiger charge is -2.16. The van der Waals surface area contributed by atoms with E-state index in [4.69, 9.17) is 5.26 Å². The third-order valence-electron chi connectivity index (χ3n) is 3.37. The summed E-state index contributed by atoms with van der Waals surface area (Å²) in [5.41, 5.74) is 2.84. The summed E-state index contributed by atoms with van der Waals surface area (Å²) >= 11 is 1.97. The lowest BCUT2D eigenvalue weighted by molar-refractivity contribution is 0.552. The molecule has 0 aliphatic carbocycles. The van der Waals surface area contributed by atoms with E-state index in [1.165, 1.54) is 34.6 Å². The number of fused-ring (bicyclic) bond motifs is 1. The van der Waals surface area contributed by atoms with Crippen molar-refractivity contribution in [3.05, 3.63) is 29.3 Å². The first-order valence-electron chi connectivity index (χ1n) is 6.68. The van der Waals surface area contributed by atoms with Gasteiger partial charge in [-0.25, -0.2) is 0 Å². The summed E-state index contributed by atoms with van der Waals surface area (Å²) < 4.78 is 0. The molecule has 2 rings (SSSR count). The first-order chi connectivity index (χ1) is 8.83. The van der Waals surface area contributed by atoms with Crippen molar-refractivity contribution in [2.75, 3.05) is 12.3 Å². The molecular weight excluding hydrogens is 240 g/mol. The van der Waals surface area contributed by atoms with Gasteiger partial charge in [-0.05, 0) is 42.2 Å². The Kier molecular flexibility index (Phi) is 5.10. The topological polar surface area (TPSA) is 35.8 Å². The molecule has 0 spiro atoms. The van der Waals surface area contributed by atoms with Crippen LogP contribution in [0, 0.1) is 17.2 Å². The van der Waals surface area contributed by atoms with Crippen LogP contribution < -0.4 is 5.32 Å². The predicted molar refractivity (Wildman–Crippen MR) is 76.6 cm³/mol. The summed E-state index contributed by atoms with van der Waals surface area (Å²) in [6.07, 6.45) is 3.43. The molecule has 2 nitrogen and oxygen atoms in total. The minimum Gasteiger partial charge on any atom is -0.311 e. The number of benzene rings is 1. The number of nitrogens with zero attached hydrogens (tertiary/aromatic N) is 1. The van der Waals surface area contributed by atoms with Gasteiger partial charge in [0.25, 0.3) is 0 Å².